The Balaban J connectivity index is 1.65. The van der Waals surface area contributed by atoms with E-state index in [1.807, 2.05) is 36.5 Å². The number of aromatic nitrogens is 2. The fraction of sp³-hybridized carbons (Fsp3) is 0.333. The molecule has 1 aliphatic carbocycles. The maximum absolute atomic E-state index is 5.86. The van der Waals surface area contributed by atoms with Gasteiger partial charge in [0.25, 0.3) is 0 Å². The summed E-state index contributed by atoms with van der Waals surface area (Å²) in [5.41, 5.74) is 3.22. The molecule has 1 saturated heterocycles. The van der Waals surface area contributed by atoms with Crippen molar-refractivity contribution >= 4 is 23.0 Å². The highest BCUT2D eigenvalue weighted by atomic mass is 32.1. The van der Waals surface area contributed by atoms with Crippen molar-refractivity contribution < 1.29 is 4.74 Å². The monoisotopic (exact) mass is 418 g/mol. The molecule has 1 aliphatic heterocycles. The van der Waals surface area contributed by atoms with Crippen LogP contribution in [0.2, 0.25) is 0 Å². The van der Waals surface area contributed by atoms with Gasteiger partial charge in [-0.2, -0.15) is 0 Å². The van der Waals surface area contributed by atoms with Gasteiger partial charge in [-0.3, -0.25) is 4.98 Å². The summed E-state index contributed by atoms with van der Waals surface area (Å²) in [5, 5.41) is 4.25. The molecule has 30 heavy (non-hydrogen) atoms. The van der Waals surface area contributed by atoms with Crippen molar-refractivity contribution in [1.29, 1.82) is 0 Å². The van der Waals surface area contributed by atoms with E-state index in [2.05, 4.69) is 50.2 Å². The standard InChI is InChI=1S/C24H26N4OS/c1-29-21-14-5-4-12-19(21)28-23(20-13-8-16-27(20)17-9-2-3-10-17)22(26-24(28)30)18-11-6-7-15-25-18/h4-8,11-17,22-23H,2-3,9-10H2,1H3,(H,26,30)/t22-,23+/m1/s1. The number of benzene rings is 1. The van der Waals surface area contributed by atoms with E-state index >= 15 is 0 Å². The Kier molecular flexibility index (Phi) is 5.17. The molecule has 1 aromatic carbocycles. The molecule has 5 nitrogen and oxygen atoms in total. The Morgan fingerprint density at radius 3 is 2.60 bits per heavy atom. The van der Waals surface area contributed by atoms with Crippen molar-refractivity contribution in [3.05, 3.63) is 78.4 Å². The van der Waals surface area contributed by atoms with Crippen LogP contribution in [-0.2, 0) is 0 Å². The molecule has 2 atom stereocenters. The highest BCUT2D eigenvalue weighted by Crippen LogP contribution is 2.45. The number of methoxy groups -OCH3 is 1. The average molecular weight is 419 g/mol. The van der Waals surface area contributed by atoms with Crippen molar-refractivity contribution in [2.24, 2.45) is 0 Å². The SMILES string of the molecule is COc1ccccc1N1C(=S)N[C@H](c2ccccn2)[C@@H]1c1cccn1C1CCCC1. The molecule has 2 aliphatic rings. The molecule has 5 rings (SSSR count). The Hall–Kier alpha value is -2.86. The summed E-state index contributed by atoms with van der Waals surface area (Å²) in [7, 11) is 1.71. The van der Waals surface area contributed by atoms with Crippen LogP contribution in [-0.4, -0.2) is 21.8 Å². The van der Waals surface area contributed by atoms with Gasteiger partial charge < -0.3 is 19.5 Å². The number of thiocarbonyl (C=S) groups is 1. The second-order valence-electron chi connectivity index (χ2n) is 7.95. The quantitative estimate of drug-likeness (QED) is 0.578. The Labute approximate surface area is 182 Å². The zero-order chi connectivity index (χ0) is 20.5. The third-order valence-electron chi connectivity index (χ3n) is 6.28. The molecule has 3 aromatic rings. The molecule has 0 unspecified atom stereocenters. The van der Waals surface area contributed by atoms with E-state index in [0.29, 0.717) is 11.2 Å². The molecule has 2 aromatic heterocycles. The zero-order valence-electron chi connectivity index (χ0n) is 17.1. The fourth-order valence-corrected chi connectivity index (χ4v) is 5.26. The van der Waals surface area contributed by atoms with E-state index in [4.69, 9.17) is 17.0 Å². The van der Waals surface area contributed by atoms with Gasteiger partial charge in [0, 0.05) is 24.1 Å². The van der Waals surface area contributed by atoms with Crippen LogP contribution in [0.4, 0.5) is 5.69 Å². The summed E-state index contributed by atoms with van der Waals surface area (Å²) >= 11 is 5.86. The normalized spacial score (nSPS) is 21.8. The number of nitrogens with zero attached hydrogens (tertiary/aromatic N) is 3. The van der Waals surface area contributed by atoms with E-state index in [1.54, 1.807) is 7.11 Å². The van der Waals surface area contributed by atoms with Crippen molar-refractivity contribution in [1.82, 2.24) is 14.9 Å². The molecule has 1 N–H and O–H groups in total. The lowest BCUT2D eigenvalue weighted by Crippen LogP contribution is -2.31. The summed E-state index contributed by atoms with van der Waals surface area (Å²) in [6.45, 7) is 0. The van der Waals surface area contributed by atoms with Crippen LogP contribution in [0.1, 0.15) is 55.2 Å². The largest absolute Gasteiger partial charge is 0.495 e. The summed E-state index contributed by atoms with van der Waals surface area (Å²) in [5.74, 6) is 0.812. The number of pyridine rings is 1. The first-order chi connectivity index (χ1) is 14.8. The number of ether oxygens (including phenoxy) is 1. The van der Waals surface area contributed by atoms with Crippen molar-refractivity contribution in [2.75, 3.05) is 12.0 Å². The van der Waals surface area contributed by atoms with E-state index in [0.717, 1.165) is 17.1 Å². The van der Waals surface area contributed by atoms with Crippen LogP contribution < -0.4 is 15.0 Å². The lowest BCUT2D eigenvalue weighted by molar-refractivity contribution is 0.412. The van der Waals surface area contributed by atoms with Crippen LogP contribution >= 0.6 is 12.2 Å². The van der Waals surface area contributed by atoms with Crippen molar-refractivity contribution in [3.8, 4) is 5.75 Å². The van der Waals surface area contributed by atoms with Gasteiger partial charge in [0.15, 0.2) is 5.11 Å². The Morgan fingerprint density at radius 2 is 1.83 bits per heavy atom. The highest BCUT2D eigenvalue weighted by molar-refractivity contribution is 7.80. The lowest BCUT2D eigenvalue weighted by atomic mass is 10.00. The van der Waals surface area contributed by atoms with Gasteiger partial charge in [-0.25, -0.2) is 0 Å². The molecule has 0 amide bonds. The van der Waals surface area contributed by atoms with Gasteiger partial charge in [0.1, 0.15) is 11.8 Å². The van der Waals surface area contributed by atoms with Gasteiger partial charge in [-0.1, -0.05) is 31.0 Å². The first-order valence-corrected chi connectivity index (χ1v) is 11.0. The lowest BCUT2D eigenvalue weighted by Gasteiger charge is -2.31. The van der Waals surface area contributed by atoms with Gasteiger partial charge >= 0.3 is 0 Å². The molecular weight excluding hydrogens is 392 g/mol. The minimum Gasteiger partial charge on any atom is -0.495 e. The minimum atomic E-state index is -0.0429. The zero-order valence-corrected chi connectivity index (χ0v) is 17.9. The predicted molar refractivity (Wildman–Crippen MR) is 123 cm³/mol. The third kappa shape index (κ3) is 3.25. The Bertz CT molecular complexity index is 1030. The number of hydrogen-bond donors (Lipinski definition) is 1. The van der Waals surface area contributed by atoms with Crippen LogP contribution in [0.15, 0.2) is 67.0 Å². The highest BCUT2D eigenvalue weighted by Gasteiger charge is 2.43. The van der Waals surface area contributed by atoms with E-state index in [-0.39, 0.29) is 12.1 Å². The van der Waals surface area contributed by atoms with Crippen molar-refractivity contribution in [3.63, 3.8) is 0 Å². The molecule has 154 valence electrons. The molecule has 0 bridgehead atoms. The van der Waals surface area contributed by atoms with E-state index in [1.165, 1.54) is 31.4 Å². The third-order valence-corrected chi connectivity index (χ3v) is 6.59. The second-order valence-corrected chi connectivity index (χ2v) is 8.33. The maximum atomic E-state index is 5.86. The number of anilines is 1. The smallest absolute Gasteiger partial charge is 0.174 e. The predicted octanol–water partition coefficient (Wildman–Crippen LogP) is 5.18. The molecular formula is C24H26N4OS. The number of hydrogen-bond acceptors (Lipinski definition) is 3. The molecule has 1 saturated carbocycles. The molecule has 6 heteroatoms. The van der Waals surface area contributed by atoms with Crippen LogP contribution in [0.5, 0.6) is 5.75 Å². The number of rotatable bonds is 5. The van der Waals surface area contributed by atoms with Gasteiger partial charge in [-0.05, 0) is 61.5 Å². The van der Waals surface area contributed by atoms with Gasteiger partial charge in [0.05, 0.1) is 24.5 Å². The van der Waals surface area contributed by atoms with Crippen molar-refractivity contribution in [2.45, 2.75) is 43.8 Å². The number of nitrogens with one attached hydrogen (secondary N) is 1. The molecule has 0 radical (unpaired) electrons. The van der Waals surface area contributed by atoms with Gasteiger partial charge in [-0.15, -0.1) is 0 Å². The summed E-state index contributed by atoms with van der Waals surface area (Å²) in [6, 6.07) is 19.0. The molecule has 3 heterocycles. The summed E-state index contributed by atoms with van der Waals surface area (Å²) in [4.78, 5) is 6.87. The Morgan fingerprint density at radius 1 is 1.03 bits per heavy atom. The maximum Gasteiger partial charge on any atom is 0.174 e. The fourth-order valence-electron chi connectivity index (χ4n) is 4.92. The summed E-state index contributed by atoms with van der Waals surface area (Å²) in [6.07, 6.45) is 9.12. The average Bonchev–Trinajstić information content (AvgIpc) is 3.53. The van der Waals surface area contributed by atoms with Gasteiger partial charge in [0.2, 0.25) is 0 Å². The minimum absolute atomic E-state index is 0.0145. The number of para-hydroxylation sites is 2. The molecule has 2 fully saturated rings. The first-order valence-electron chi connectivity index (χ1n) is 10.6. The van der Waals surface area contributed by atoms with E-state index < -0.39 is 0 Å². The topological polar surface area (TPSA) is 42.3 Å². The summed E-state index contributed by atoms with van der Waals surface area (Å²) < 4.78 is 8.16. The van der Waals surface area contributed by atoms with Crippen LogP contribution in [0, 0.1) is 0 Å². The van der Waals surface area contributed by atoms with Crippen LogP contribution in [0.3, 0.4) is 0 Å². The second kappa shape index (κ2) is 8.11. The van der Waals surface area contributed by atoms with Crippen LogP contribution in [0.25, 0.3) is 0 Å². The molecule has 0 spiro atoms. The first kappa shape index (κ1) is 19.1. The van der Waals surface area contributed by atoms with E-state index in [9.17, 15) is 0 Å².